The summed E-state index contributed by atoms with van der Waals surface area (Å²) >= 11 is 0. The van der Waals surface area contributed by atoms with Gasteiger partial charge in [0.25, 0.3) is 5.91 Å². The Labute approximate surface area is 154 Å². The Morgan fingerprint density at radius 1 is 1.08 bits per heavy atom. The molecule has 0 radical (unpaired) electrons. The van der Waals surface area contributed by atoms with E-state index in [9.17, 15) is 4.79 Å². The molecule has 0 aliphatic carbocycles. The van der Waals surface area contributed by atoms with Gasteiger partial charge in [0.1, 0.15) is 11.5 Å². The number of aromatic nitrogens is 2. The van der Waals surface area contributed by atoms with Gasteiger partial charge in [0, 0.05) is 52.0 Å². The number of nitrogens with zero attached hydrogens (tertiary/aromatic N) is 4. The Bertz CT molecular complexity index is 737. The summed E-state index contributed by atoms with van der Waals surface area (Å²) in [5.41, 5.74) is 1.80. The van der Waals surface area contributed by atoms with Gasteiger partial charge in [-0.1, -0.05) is 0 Å². The number of ether oxygens (including phenoxy) is 2. The van der Waals surface area contributed by atoms with Crippen molar-refractivity contribution in [2.75, 3.05) is 40.4 Å². The van der Waals surface area contributed by atoms with Crippen LogP contribution in [0.1, 0.15) is 22.3 Å². The van der Waals surface area contributed by atoms with Crippen LogP contribution in [0, 0.1) is 0 Å². The highest BCUT2D eigenvalue weighted by atomic mass is 16.5. The van der Waals surface area contributed by atoms with Crippen LogP contribution >= 0.6 is 0 Å². The van der Waals surface area contributed by atoms with E-state index in [-0.39, 0.29) is 5.91 Å². The quantitative estimate of drug-likeness (QED) is 0.815. The second-order valence-corrected chi connectivity index (χ2v) is 6.55. The van der Waals surface area contributed by atoms with Crippen LogP contribution in [-0.4, -0.2) is 65.9 Å². The number of rotatable bonds is 5. The van der Waals surface area contributed by atoms with E-state index in [4.69, 9.17) is 9.47 Å². The molecular formula is C19H26N4O3. The molecule has 1 amide bonds. The molecule has 2 heterocycles. The minimum absolute atomic E-state index is 0.0583. The van der Waals surface area contributed by atoms with E-state index < -0.39 is 0 Å². The topological polar surface area (TPSA) is 59.8 Å². The third-order valence-electron chi connectivity index (χ3n) is 4.64. The Morgan fingerprint density at radius 2 is 1.81 bits per heavy atom. The summed E-state index contributed by atoms with van der Waals surface area (Å²) in [5, 5.41) is 4.09. The first kappa shape index (κ1) is 18.3. The average molecular weight is 358 g/mol. The fourth-order valence-electron chi connectivity index (χ4n) is 3.26. The first-order valence-electron chi connectivity index (χ1n) is 8.81. The fourth-order valence-corrected chi connectivity index (χ4v) is 3.26. The van der Waals surface area contributed by atoms with Crippen molar-refractivity contribution in [3.05, 3.63) is 41.7 Å². The fraction of sp³-hybridized carbons (Fsp3) is 0.474. The van der Waals surface area contributed by atoms with Gasteiger partial charge in [-0.05, 0) is 24.1 Å². The summed E-state index contributed by atoms with van der Waals surface area (Å²) in [4.78, 5) is 16.9. The molecular weight excluding hydrogens is 332 g/mol. The molecule has 3 rings (SSSR count). The van der Waals surface area contributed by atoms with E-state index in [1.807, 2.05) is 30.1 Å². The van der Waals surface area contributed by atoms with Crippen LogP contribution in [0.3, 0.4) is 0 Å². The van der Waals surface area contributed by atoms with Gasteiger partial charge < -0.3 is 14.4 Å². The Hall–Kier alpha value is -2.54. The molecule has 1 aliphatic rings. The SMILES string of the molecule is COc1cc(CN2CCCN(C(=O)c3cnn(C)c3)CC2)cc(OC)c1. The van der Waals surface area contributed by atoms with Crippen molar-refractivity contribution in [2.24, 2.45) is 7.05 Å². The maximum Gasteiger partial charge on any atom is 0.257 e. The van der Waals surface area contributed by atoms with E-state index in [1.165, 1.54) is 0 Å². The van der Waals surface area contributed by atoms with Crippen molar-refractivity contribution in [1.82, 2.24) is 19.6 Å². The van der Waals surface area contributed by atoms with Crippen molar-refractivity contribution in [3.63, 3.8) is 0 Å². The van der Waals surface area contributed by atoms with Gasteiger partial charge in [-0.25, -0.2) is 0 Å². The number of carbonyl (C=O) groups is 1. The molecule has 0 spiro atoms. The van der Waals surface area contributed by atoms with Gasteiger partial charge in [0.05, 0.1) is 26.0 Å². The molecule has 0 unspecified atom stereocenters. The van der Waals surface area contributed by atoms with E-state index >= 15 is 0 Å². The van der Waals surface area contributed by atoms with Crippen LogP contribution in [0.4, 0.5) is 0 Å². The van der Waals surface area contributed by atoms with Gasteiger partial charge in [-0.2, -0.15) is 5.10 Å². The Balaban J connectivity index is 1.63. The predicted octanol–water partition coefficient (Wildman–Crippen LogP) is 1.79. The van der Waals surface area contributed by atoms with Gasteiger partial charge in [0.2, 0.25) is 0 Å². The molecule has 0 bridgehead atoms. The summed E-state index contributed by atoms with van der Waals surface area (Å²) in [5.74, 6) is 1.65. The molecule has 1 aromatic heterocycles. The molecule has 1 aliphatic heterocycles. The Kier molecular flexibility index (Phi) is 5.78. The number of hydrogen-bond donors (Lipinski definition) is 0. The molecule has 1 aromatic carbocycles. The number of carbonyl (C=O) groups excluding carboxylic acids is 1. The maximum absolute atomic E-state index is 12.6. The van der Waals surface area contributed by atoms with Crippen molar-refractivity contribution in [1.29, 1.82) is 0 Å². The third kappa shape index (κ3) is 4.35. The lowest BCUT2D eigenvalue weighted by molar-refractivity contribution is 0.0761. The highest BCUT2D eigenvalue weighted by Gasteiger charge is 2.21. The standard InChI is InChI=1S/C19H26N4O3/c1-21-14-16(12-20-21)19(24)23-6-4-5-22(7-8-23)13-15-9-17(25-2)11-18(10-15)26-3/h9-12,14H,4-8,13H2,1-3H3. The van der Waals surface area contributed by atoms with Crippen LogP contribution in [-0.2, 0) is 13.6 Å². The lowest BCUT2D eigenvalue weighted by Crippen LogP contribution is -2.35. The molecule has 1 saturated heterocycles. The Morgan fingerprint density at radius 3 is 2.42 bits per heavy atom. The van der Waals surface area contributed by atoms with Crippen LogP contribution in [0.5, 0.6) is 11.5 Å². The number of aryl methyl sites for hydroxylation is 1. The zero-order valence-corrected chi connectivity index (χ0v) is 15.6. The number of amides is 1. The van der Waals surface area contributed by atoms with Gasteiger partial charge >= 0.3 is 0 Å². The summed E-state index contributed by atoms with van der Waals surface area (Å²) < 4.78 is 12.4. The zero-order chi connectivity index (χ0) is 18.5. The first-order chi connectivity index (χ1) is 12.6. The molecule has 7 heteroatoms. The summed E-state index contributed by atoms with van der Waals surface area (Å²) in [7, 11) is 5.14. The molecule has 0 N–H and O–H groups in total. The second kappa shape index (κ2) is 8.23. The van der Waals surface area contributed by atoms with Crippen molar-refractivity contribution in [3.8, 4) is 11.5 Å². The zero-order valence-electron chi connectivity index (χ0n) is 15.6. The largest absolute Gasteiger partial charge is 0.497 e. The maximum atomic E-state index is 12.6. The first-order valence-corrected chi connectivity index (χ1v) is 8.81. The highest BCUT2D eigenvalue weighted by Crippen LogP contribution is 2.23. The molecule has 0 atom stereocenters. The van der Waals surface area contributed by atoms with Crippen molar-refractivity contribution < 1.29 is 14.3 Å². The van der Waals surface area contributed by atoms with Crippen molar-refractivity contribution >= 4 is 5.91 Å². The molecule has 2 aromatic rings. The summed E-state index contributed by atoms with van der Waals surface area (Å²) in [6.07, 6.45) is 4.36. The molecule has 1 fully saturated rings. The number of methoxy groups -OCH3 is 2. The molecule has 140 valence electrons. The van der Waals surface area contributed by atoms with Crippen LogP contribution in [0.25, 0.3) is 0 Å². The van der Waals surface area contributed by atoms with Crippen LogP contribution < -0.4 is 9.47 Å². The monoisotopic (exact) mass is 358 g/mol. The van der Waals surface area contributed by atoms with Gasteiger partial charge in [-0.3, -0.25) is 14.4 Å². The van der Waals surface area contributed by atoms with Crippen LogP contribution in [0.15, 0.2) is 30.6 Å². The third-order valence-corrected chi connectivity index (χ3v) is 4.64. The summed E-state index contributed by atoms with van der Waals surface area (Å²) in [6, 6.07) is 5.94. The van der Waals surface area contributed by atoms with Gasteiger partial charge in [0.15, 0.2) is 0 Å². The van der Waals surface area contributed by atoms with Crippen molar-refractivity contribution in [2.45, 2.75) is 13.0 Å². The van der Waals surface area contributed by atoms with Gasteiger partial charge in [-0.15, -0.1) is 0 Å². The minimum Gasteiger partial charge on any atom is -0.497 e. The number of benzene rings is 1. The normalized spacial score (nSPS) is 15.6. The average Bonchev–Trinajstić information content (AvgIpc) is 2.95. The smallest absolute Gasteiger partial charge is 0.257 e. The van der Waals surface area contributed by atoms with E-state index in [0.717, 1.165) is 56.2 Å². The summed E-state index contributed by atoms with van der Waals surface area (Å²) in [6.45, 7) is 4.09. The van der Waals surface area contributed by atoms with Crippen LogP contribution in [0.2, 0.25) is 0 Å². The minimum atomic E-state index is 0.0583. The molecule has 26 heavy (non-hydrogen) atoms. The predicted molar refractivity (Wildman–Crippen MR) is 98.6 cm³/mol. The second-order valence-electron chi connectivity index (χ2n) is 6.55. The number of hydrogen-bond acceptors (Lipinski definition) is 5. The lowest BCUT2D eigenvalue weighted by Gasteiger charge is -2.22. The lowest BCUT2D eigenvalue weighted by atomic mass is 10.2. The van der Waals surface area contributed by atoms with E-state index in [2.05, 4.69) is 10.00 Å². The molecule has 7 nitrogen and oxygen atoms in total. The highest BCUT2D eigenvalue weighted by molar-refractivity contribution is 5.93. The van der Waals surface area contributed by atoms with E-state index in [1.54, 1.807) is 31.3 Å². The van der Waals surface area contributed by atoms with E-state index in [0.29, 0.717) is 5.56 Å². The molecule has 0 saturated carbocycles.